The number of hydrogen-bond donors (Lipinski definition) is 3. The minimum absolute atomic E-state index is 0.0400. The third-order valence-corrected chi connectivity index (χ3v) is 4.32. The van der Waals surface area contributed by atoms with Crippen LogP contribution in [0.2, 0.25) is 0 Å². The number of aromatic amines is 1. The van der Waals surface area contributed by atoms with Crippen molar-refractivity contribution in [3.05, 3.63) is 34.3 Å². The Hall–Kier alpha value is -2.29. The maximum absolute atomic E-state index is 13.3. The number of piperidine rings is 1. The summed E-state index contributed by atoms with van der Waals surface area (Å²) in [5.41, 5.74) is -0.495. The first-order valence-corrected chi connectivity index (χ1v) is 8.07. The van der Waals surface area contributed by atoms with E-state index < -0.39 is 17.5 Å². The zero-order valence-electron chi connectivity index (χ0n) is 13.6. The Morgan fingerprint density at radius 1 is 1.40 bits per heavy atom. The smallest absolute Gasteiger partial charge is 0.388 e. The normalized spacial score (nSPS) is 21.3. The number of nitrogens with zero attached hydrogens (tertiary/aromatic N) is 1. The molecule has 0 aliphatic carbocycles. The van der Waals surface area contributed by atoms with E-state index in [2.05, 4.69) is 27.8 Å². The van der Waals surface area contributed by atoms with E-state index in [9.17, 15) is 18.0 Å². The highest BCUT2D eigenvalue weighted by atomic mass is 19.4. The molecule has 0 amide bonds. The van der Waals surface area contributed by atoms with Crippen LogP contribution in [0, 0.1) is 5.92 Å². The first kappa shape index (κ1) is 17.5. The molecule has 0 radical (unpaired) electrons. The van der Waals surface area contributed by atoms with E-state index in [1.807, 2.05) is 0 Å². The molecule has 3 rings (SSSR count). The molecule has 1 aliphatic heterocycles. The molecule has 25 heavy (non-hydrogen) atoms. The number of H-pyrrole nitrogens is 1. The fraction of sp³-hybridized carbons (Fsp3) is 0.500. The minimum atomic E-state index is -4.48. The predicted octanol–water partition coefficient (Wildman–Crippen LogP) is 2.85. The van der Waals surface area contributed by atoms with Crippen molar-refractivity contribution < 1.29 is 17.6 Å². The monoisotopic (exact) mass is 356 g/mol. The van der Waals surface area contributed by atoms with Crippen LogP contribution in [0.1, 0.15) is 25.3 Å². The standard InChI is InChI=1S/C16H19F3N4O2/c1-9-6-10(4-5-20-9)8-21-13-7-11(14-22-23-15(24)25-14)2-3-12(13)16(17,18)19/h2-3,7,9-10,20-21H,4-6,8H2,1H3,(H,23,24). The summed E-state index contributed by atoms with van der Waals surface area (Å²) in [6.45, 7) is 3.37. The van der Waals surface area contributed by atoms with Crippen molar-refractivity contribution in [3.63, 3.8) is 0 Å². The molecule has 0 spiro atoms. The SMILES string of the molecule is CC1CC(CNc2cc(-c3n[nH]c(=O)o3)ccc2C(F)(F)F)CCN1. The third-order valence-electron chi connectivity index (χ3n) is 4.32. The minimum Gasteiger partial charge on any atom is -0.388 e. The number of alkyl halides is 3. The zero-order valence-corrected chi connectivity index (χ0v) is 13.6. The number of rotatable bonds is 4. The molecule has 1 fully saturated rings. The molecule has 1 aromatic heterocycles. The van der Waals surface area contributed by atoms with Gasteiger partial charge in [-0.25, -0.2) is 9.89 Å². The van der Waals surface area contributed by atoms with Crippen LogP contribution in [0.25, 0.3) is 11.5 Å². The number of benzene rings is 1. The quantitative estimate of drug-likeness (QED) is 0.785. The summed E-state index contributed by atoms with van der Waals surface area (Å²) < 4.78 is 44.6. The Morgan fingerprint density at radius 3 is 2.84 bits per heavy atom. The second-order valence-corrected chi connectivity index (χ2v) is 6.30. The summed E-state index contributed by atoms with van der Waals surface area (Å²) >= 11 is 0. The summed E-state index contributed by atoms with van der Waals surface area (Å²) in [6.07, 6.45) is -2.66. The Kier molecular flexibility index (Phi) is 4.85. The van der Waals surface area contributed by atoms with E-state index in [0.717, 1.165) is 25.5 Å². The van der Waals surface area contributed by atoms with E-state index in [4.69, 9.17) is 4.42 Å². The van der Waals surface area contributed by atoms with Gasteiger partial charge in [-0.05, 0) is 50.4 Å². The molecule has 1 aromatic carbocycles. The Labute approximate surface area is 141 Å². The van der Waals surface area contributed by atoms with Crippen LogP contribution in [0.3, 0.4) is 0 Å². The fourth-order valence-corrected chi connectivity index (χ4v) is 3.10. The second kappa shape index (κ2) is 6.91. The molecule has 0 bridgehead atoms. The van der Waals surface area contributed by atoms with Gasteiger partial charge in [0.05, 0.1) is 5.56 Å². The zero-order chi connectivity index (χ0) is 18.0. The average molecular weight is 356 g/mol. The van der Waals surface area contributed by atoms with Gasteiger partial charge < -0.3 is 15.1 Å². The Balaban J connectivity index is 1.84. The molecule has 2 atom stereocenters. The van der Waals surface area contributed by atoms with Crippen LogP contribution in [-0.4, -0.2) is 29.3 Å². The van der Waals surface area contributed by atoms with Gasteiger partial charge in [-0.1, -0.05) is 0 Å². The van der Waals surface area contributed by atoms with Crippen LogP contribution >= 0.6 is 0 Å². The van der Waals surface area contributed by atoms with Crippen LogP contribution in [0.5, 0.6) is 0 Å². The van der Waals surface area contributed by atoms with Gasteiger partial charge in [-0.15, -0.1) is 5.10 Å². The van der Waals surface area contributed by atoms with Gasteiger partial charge in [0.1, 0.15) is 0 Å². The van der Waals surface area contributed by atoms with Gasteiger partial charge in [0.2, 0.25) is 5.89 Å². The van der Waals surface area contributed by atoms with Crippen molar-refractivity contribution in [1.29, 1.82) is 0 Å². The summed E-state index contributed by atoms with van der Waals surface area (Å²) in [5.74, 6) is -0.505. The van der Waals surface area contributed by atoms with Crippen molar-refractivity contribution in [1.82, 2.24) is 15.5 Å². The van der Waals surface area contributed by atoms with Crippen molar-refractivity contribution in [3.8, 4) is 11.5 Å². The molecular weight excluding hydrogens is 337 g/mol. The summed E-state index contributed by atoms with van der Waals surface area (Å²) in [6, 6.07) is 3.87. The first-order valence-electron chi connectivity index (χ1n) is 8.07. The molecule has 2 aromatic rings. The average Bonchev–Trinajstić information content (AvgIpc) is 2.98. The third kappa shape index (κ3) is 4.22. The van der Waals surface area contributed by atoms with Crippen molar-refractivity contribution in [2.45, 2.75) is 32.0 Å². The highest BCUT2D eigenvalue weighted by Gasteiger charge is 2.34. The lowest BCUT2D eigenvalue weighted by Crippen LogP contribution is -2.38. The van der Waals surface area contributed by atoms with E-state index in [-0.39, 0.29) is 11.6 Å². The number of nitrogens with one attached hydrogen (secondary N) is 3. The summed E-state index contributed by atoms with van der Waals surface area (Å²) in [4.78, 5) is 11.1. The first-order chi connectivity index (χ1) is 11.8. The highest BCUT2D eigenvalue weighted by molar-refractivity contribution is 5.65. The highest BCUT2D eigenvalue weighted by Crippen LogP contribution is 2.37. The van der Waals surface area contributed by atoms with E-state index in [0.29, 0.717) is 24.1 Å². The number of halogens is 3. The molecule has 3 N–H and O–H groups in total. The van der Waals surface area contributed by atoms with Crippen molar-refractivity contribution >= 4 is 5.69 Å². The summed E-state index contributed by atoms with van der Waals surface area (Å²) in [5, 5.41) is 12.0. The van der Waals surface area contributed by atoms with Crippen LogP contribution in [-0.2, 0) is 6.18 Å². The lowest BCUT2D eigenvalue weighted by molar-refractivity contribution is -0.136. The Morgan fingerprint density at radius 2 is 2.20 bits per heavy atom. The van der Waals surface area contributed by atoms with Gasteiger partial charge in [0, 0.05) is 23.8 Å². The molecular formula is C16H19F3N4O2. The second-order valence-electron chi connectivity index (χ2n) is 6.30. The Bertz CT molecular complexity index is 784. The maximum Gasteiger partial charge on any atom is 0.434 e. The van der Waals surface area contributed by atoms with E-state index in [1.165, 1.54) is 12.1 Å². The van der Waals surface area contributed by atoms with Crippen molar-refractivity contribution in [2.24, 2.45) is 5.92 Å². The van der Waals surface area contributed by atoms with E-state index >= 15 is 0 Å². The number of aromatic nitrogens is 2. The predicted molar refractivity (Wildman–Crippen MR) is 86.2 cm³/mol. The molecule has 6 nitrogen and oxygen atoms in total. The molecule has 136 valence electrons. The molecule has 0 saturated carbocycles. The van der Waals surface area contributed by atoms with Gasteiger partial charge in [-0.2, -0.15) is 13.2 Å². The largest absolute Gasteiger partial charge is 0.434 e. The van der Waals surface area contributed by atoms with Crippen molar-refractivity contribution in [2.75, 3.05) is 18.4 Å². The molecule has 2 unspecified atom stereocenters. The van der Waals surface area contributed by atoms with Gasteiger partial charge in [-0.3, -0.25) is 0 Å². The lowest BCUT2D eigenvalue weighted by Gasteiger charge is -2.28. The number of anilines is 1. The summed E-state index contributed by atoms with van der Waals surface area (Å²) in [7, 11) is 0. The van der Waals surface area contributed by atoms with Crippen LogP contribution < -0.4 is 16.4 Å². The van der Waals surface area contributed by atoms with Crippen LogP contribution in [0.4, 0.5) is 18.9 Å². The van der Waals surface area contributed by atoms with Crippen LogP contribution in [0.15, 0.2) is 27.4 Å². The topological polar surface area (TPSA) is 83.0 Å². The lowest BCUT2D eigenvalue weighted by atomic mass is 9.93. The van der Waals surface area contributed by atoms with Gasteiger partial charge in [0.15, 0.2) is 0 Å². The van der Waals surface area contributed by atoms with Gasteiger partial charge >= 0.3 is 11.9 Å². The van der Waals surface area contributed by atoms with E-state index in [1.54, 1.807) is 0 Å². The molecule has 9 heteroatoms. The fourth-order valence-electron chi connectivity index (χ4n) is 3.10. The molecule has 1 saturated heterocycles. The molecule has 2 heterocycles. The van der Waals surface area contributed by atoms with Gasteiger partial charge in [0.25, 0.3) is 0 Å². The molecule has 1 aliphatic rings. The number of hydrogen-bond acceptors (Lipinski definition) is 5. The maximum atomic E-state index is 13.3.